The second-order valence-electron chi connectivity index (χ2n) is 8.79. The third-order valence-corrected chi connectivity index (χ3v) is 6.95. The molecule has 6 rings (SSSR count). The third-order valence-electron chi connectivity index (χ3n) is 6.95. The number of allylic oxidation sites excluding steroid dienone is 3. The van der Waals surface area contributed by atoms with Gasteiger partial charge in [0.2, 0.25) is 5.95 Å². The van der Waals surface area contributed by atoms with Crippen LogP contribution in [0.25, 0.3) is 17.0 Å². The quantitative estimate of drug-likeness (QED) is 0.597. The zero-order valence-electron chi connectivity index (χ0n) is 19.0. The van der Waals surface area contributed by atoms with Gasteiger partial charge in [0.25, 0.3) is 0 Å². The molecule has 3 aliphatic rings. The number of nitrogens with zero attached hydrogens (tertiary/aromatic N) is 7. The van der Waals surface area contributed by atoms with Gasteiger partial charge in [0.1, 0.15) is 18.4 Å². The molecule has 3 aliphatic heterocycles. The van der Waals surface area contributed by atoms with E-state index >= 15 is 0 Å². The van der Waals surface area contributed by atoms with Gasteiger partial charge in [-0.15, -0.1) is 5.10 Å². The van der Waals surface area contributed by atoms with Gasteiger partial charge in [-0.25, -0.2) is 14.5 Å². The van der Waals surface area contributed by atoms with Crippen molar-refractivity contribution in [3.63, 3.8) is 0 Å². The van der Waals surface area contributed by atoms with E-state index in [9.17, 15) is 0 Å². The zero-order chi connectivity index (χ0) is 23.0. The monoisotopic (exact) mass is 451 g/mol. The molecule has 34 heavy (non-hydrogen) atoms. The van der Waals surface area contributed by atoms with Crippen LogP contribution in [0.1, 0.15) is 5.56 Å². The van der Waals surface area contributed by atoms with Crippen LogP contribution in [0.15, 0.2) is 85.1 Å². The first-order valence-corrected chi connectivity index (χ1v) is 11.7. The molecular formula is C26H27N8+. The first-order chi connectivity index (χ1) is 16.8. The van der Waals surface area contributed by atoms with Crippen molar-refractivity contribution in [2.45, 2.75) is 0 Å². The summed E-state index contributed by atoms with van der Waals surface area (Å²) in [5.74, 6) is 0.811. The van der Waals surface area contributed by atoms with Gasteiger partial charge >= 0.3 is 0 Å². The Balaban J connectivity index is 1.28. The maximum atomic E-state index is 6.70. The van der Waals surface area contributed by atoms with E-state index in [4.69, 9.17) is 5.73 Å². The lowest BCUT2D eigenvalue weighted by Gasteiger charge is -2.38. The minimum absolute atomic E-state index is 0.569. The van der Waals surface area contributed by atoms with Crippen LogP contribution >= 0.6 is 0 Å². The van der Waals surface area contributed by atoms with Crippen molar-refractivity contribution in [2.75, 3.05) is 44.2 Å². The smallest absolute Gasteiger partial charge is 0.225 e. The number of piperazine rings is 1. The molecule has 3 aromatic rings. The molecule has 0 spiro atoms. The standard InChI is InChI=1S/C26H27N8/c27-23-21-19-30-31-24(20-7-2-1-3-8-20)25(21)34(17-5-4-9-22(23)34)18-16-32-12-14-33(15-13-32)26-28-10-6-11-29-26/h1-11,17,19H,12-16,18,27H2/q+1. The number of nitrogens with two attached hydrogens (primary N) is 1. The molecule has 8 nitrogen and oxygen atoms in total. The Morgan fingerprint density at radius 3 is 2.53 bits per heavy atom. The highest BCUT2D eigenvalue weighted by atomic mass is 15.4. The van der Waals surface area contributed by atoms with Crippen molar-refractivity contribution in [3.8, 4) is 11.3 Å². The minimum atomic E-state index is 0.569. The molecular weight excluding hydrogens is 424 g/mol. The third kappa shape index (κ3) is 3.39. The summed E-state index contributed by atoms with van der Waals surface area (Å²) in [6.07, 6.45) is 14.0. The van der Waals surface area contributed by atoms with Crippen molar-refractivity contribution >= 4 is 17.3 Å². The lowest BCUT2D eigenvalue weighted by molar-refractivity contribution is 0.239. The fourth-order valence-electron chi connectivity index (χ4n) is 5.20. The first kappa shape index (κ1) is 20.7. The lowest BCUT2D eigenvalue weighted by Crippen LogP contribution is -2.52. The predicted octanol–water partition coefficient (Wildman–Crippen LogP) is 2.79. The van der Waals surface area contributed by atoms with Gasteiger partial charge < -0.3 is 10.6 Å². The topological polar surface area (TPSA) is 84.1 Å². The van der Waals surface area contributed by atoms with E-state index in [0.29, 0.717) is 4.48 Å². The summed E-state index contributed by atoms with van der Waals surface area (Å²) in [6, 6.07) is 12.1. The molecule has 2 N–H and O–H groups in total. The van der Waals surface area contributed by atoms with Gasteiger partial charge in [-0.2, -0.15) is 5.10 Å². The Labute approximate surface area is 199 Å². The Kier molecular flexibility index (Phi) is 5.16. The van der Waals surface area contributed by atoms with E-state index < -0.39 is 0 Å². The molecule has 170 valence electrons. The van der Waals surface area contributed by atoms with Gasteiger partial charge in [0.15, 0.2) is 17.1 Å². The van der Waals surface area contributed by atoms with Crippen molar-refractivity contribution in [3.05, 3.63) is 90.7 Å². The normalized spacial score (nSPS) is 21.6. The molecule has 5 heterocycles. The number of benzene rings is 1. The highest BCUT2D eigenvalue weighted by Gasteiger charge is 2.47. The molecule has 0 saturated carbocycles. The number of rotatable bonds is 5. The van der Waals surface area contributed by atoms with Gasteiger partial charge in [0, 0.05) is 56.8 Å². The molecule has 1 aromatic carbocycles. The summed E-state index contributed by atoms with van der Waals surface area (Å²) in [4.78, 5) is 13.6. The summed E-state index contributed by atoms with van der Waals surface area (Å²) in [6.45, 7) is 5.59. The van der Waals surface area contributed by atoms with Crippen molar-refractivity contribution in [2.24, 2.45) is 5.73 Å². The van der Waals surface area contributed by atoms with E-state index in [1.807, 2.05) is 30.5 Å². The highest BCUT2D eigenvalue weighted by Crippen LogP contribution is 2.49. The first-order valence-electron chi connectivity index (χ1n) is 11.7. The summed E-state index contributed by atoms with van der Waals surface area (Å²) in [7, 11) is 0. The van der Waals surface area contributed by atoms with Crippen LogP contribution in [0.2, 0.25) is 0 Å². The Morgan fingerprint density at radius 1 is 0.941 bits per heavy atom. The molecule has 1 fully saturated rings. The van der Waals surface area contributed by atoms with Crippen LogP contribution in [-0.2, 0) is 0 Å². The van der Waals surface area contributed by atoms with Crippen molar-refractivity contribution in [1.29, 1.82) is 0 Å². The van der Waals surface area contributed by atoms with Crippen LogP contribution in [0.3, 0.4) is 0 Å². The fourth-order valence-corrected chi connectivity index (χ4v) is 5.20. The average Bonchev–Trinajstić information content (AvgIpc) is 3.17. The second-order valence-corrected chi connectivity index (χ2v) is 8.79. The van der Waals surface area contributed by atoms with Gasteiger partial charge in [0.05, 0.1) is 11.8 Å². The average molecular weight is 452 g/mol. The van der Waals surface area contributed by atoms with E-state index in [0.717, 1.165) is 79.1 Å². The Morgan fingerprint density at radius 2 is 1.74 bits per heavy atom. The van der Waals surface area contributed by atoms with Crippen molar-refractivity contribution < 1.29 is 0 Å². The number of hydrogen-bond acceptors (Lipinski definition) is 7. The van der Waals surface area contributed by atoms with Gasteiger partial charge in [-0.1, -0.05) is 36.4 Å². The largest absolute Gasteiger partial charge is 0.393 e. The van der Waals surface area contributed by atoms with Crippen LogP contribution < -0.4 is 15.1 Å². The Bertz CT molecular complexity index is 1280. The molecule has 1 unspecified atom stereocenters. The highest BCUT2D eigenvalue weighted by molar-refractivity contribution is 5.93. The molecule has 0 aliphatic carbocycles. The number of anilines is 1. The number of fused-ring (bicyclic) bond motifs is 3. The second kappa shape index (κ2) is 8.48. The van der Waals surface area contributed by atoms with Crippen LogP contribution in [-0.4, -0.2) is 64.3 Å². The summed E-state index contributed by atoms with van der Waals surface area (Å²) in [5, 5.41) is 8.90. The van der Waals surface area contributed by atoms with E-state index in [1.54, 1.807) is 12.4 Å². The number of quaternary nitrogens is 1. The maximum absolute atomic E-state index is 6.70. The Hall–Kier alpha value is -3.88. The summed E-state index contributed by atoms with van der Waals surface area (Å²) < 4.78 is 0.569. The maximum Gasteiger partial charge on any atom is 0.225 e. The lowest BCUT2D eigenvalue weighted by atomic mass is 10.1. The molecule has 1 saturated heterocycles. The fraction of sp³-hybridized carbons (Fsp3) is 0.231. The van der Waals surface area contributed by atoms with Crippen LogP contribution in [0, 0.1) is 0 Å². The zero-order valence-corrected chi connectivity index (χ0v) is 19.0. The number of hydrogen-bond donors (Lipinski definition) is 1. The minimum Gasteiger partial charge on any atom is -0.393 e. The molecule has 0 amide bonds. The molecule has 0 bridgehead atoms. The van der Waals surface area contributed by atoms with Crippen LogP contribution in [0.5, 0.6) is 0 Å². The van der Waals surface area contributed by atoms with Gasteiger partial charge in [-0.3, -0.25) is 4.90 Å². The SMILES string of the molecule is NC1=C2C=CC=C[N+]2(CCN2CCN(c3ncccn3)CC2)c2c1cnnc2-c1ccccc1. The van der Waals surface area contributed by atoms with Crippen molar-refractivity contribution in [1.82, 2.24) is 29.5 Å². The van der Waals surface area contributed by atoms with Crippen LogP contribution in [0.4, 0.5) is 11.6 Å². The van der Waals surface area contributed by atoms with E-state index in [2.05, 4.69) is 66.5 Å². The molecule has 1 atom stereocenters. The van der Waals surface area contributed by atoms with E-state index in [1.165, 1.54) is 0 Å². The van der Waals surface area contributed by atoms with E-state index in [-0.39, 0.29) is 0 Å². The molecule has 8 heteroatoms. The molecule has 0 radical (unpaired) electrons. The summed E-state index contributed by atoms with van der Waals surface area (Å²) >= 11 is 0. The van der Waals surface area contributed by atoms with Gasteiger partial charge in [-0.05, 0) is 12.1 Å². The number of aromatic nitrogens is 4. The predicted molar refractivity (Wildman–Crippen MR) is 134 cm³/mol. The summed E-state index contributed by atoms with van der Waals surface area (Å²) in [5.41, 5.74) is 12.6. The molecule has 2 aromatic heterocycles.